The van der Waals surface area contributed by atoms with Crippen LogP contribution in [-0.2, 0) is 4.79 Å². The molecule has 5 nitrogen and oxygen atoms in total. The van der Waals surface area contributed by atoms with E-state index >= 15 is 0 Å². The first-order valence-electron chi connectivity index (χ1n) is 4.79. The summed E-state index contributed by atoms with van der Waals surface area (Å²) in [7, 11) is 0. The summed E-state index contributed by atoms with van der Waals surface area (Å²) < 4.78 is 0. The van der Waals surface area contributed by atoms with Crippen LogP contribution >= 0.6 is 11.6 Å². The number of halogens is 1. The van der Waals surface area contributed by atoms with Gasteiger partial charge >= 0.3 is 6.03 Å². The zero-order chi connectivity index (χ0) is 12.8. The van der Waals surface area contributed by atoms with E-state index < -0.39 is 17.3 Å². The number of amides is 3. The molecule has 0 saturated carbocycles. The lowest BCUT2D eigenvalue weighted by molar-refractivity contribution is -0.119. The minimum atomic E-state index is -0.799. The van der Waals surface area contributed by atoms with Crippen LogP contribution in [0.15, 0.2) is 24.3 Å². The molecule has 88 valence electrons. The Balaban J connectivity index is 2.69. The Hall–Kier alpha value is -2.06. The van der Waals surface area contributed by atoms with Crippen LogP contribution < -0.4 is 10.6 Å². The average molecular weight is 252 g/mol. The third-order valence-electron chi connectivity index (χ3n) is 1.89. The molecule has 6 heteroatoms. The number of rotatable bonds is 2. The van der Waals surface area contributed by atoms with Gasteiger partial charge in [-0.2, -0.15) is 5.26 Å². The van der Waals surface area contributed by atoms with Gasteiger partial charge < -0.3 is 5.32 Å². The van der Waals surface area contributed by atoms with Gasteiger partial charge in [0.15, 0.2) is 0 Å². The van der Waals surface area contributed by atoms with Crippen molar-refractivity contribution >= 4 is 29.2 Å². The van der Waals surface area contributed by atoms with Crippen LogP contribution in [0.2, 0.25) is 0 Å². The predicted molar refractivity (Wildman–Crippen MR) is 63.6 cm³/mol. The van der Waals surface area contributed by atoms with E-state index in [-0.39, 0.29) is 0 Å². The minimum absolute atomic E-state index is 0.314. The highest BCUT2D eigenvalue weighted by molar-refractivity contribution is 6.31. The first-order chi connectivity index (χ1) is 8.04. The summed E-state index contributed by atoms with van der Waals surface area (Å²) in [6.45, 7) is 1.45. The normalized spacial score (nSPS) is 11.1. The predicted octanol–water partition coefficient (Wildman–Crippen LogP) is 1.83. The second-order valence-electron chi connectivity index (χ2n) is 3.22. The number of imide groups is 1. The summed E-state index contributed by atoms with van der Waals surface area (Å²) in [4.78, 5) is 22.5. The molecule has 0 aliphatic carbocycles. The standard InChI is InChI=1S/C11H10ClN3O2/c1-7(12)10(16)15-11(17)14-9-5-3-2-4-8(9)6-13/h2-5,7H,1H3,(H2,14,15,16,17). The quantitative estimate of drug-likeness (QED) is 0.787. The van der Waals surface area contributed by atoms with Crippen molar-refractivity contribution in [1.29, 1.82) is 5.26 Å². The molecule has 0 radical (unpaired) electrons. The average Bonchev–Trinajstić information content (AvgIpc) is 2.29. The van der Waals surface area contributed by atoms with E-state index in [9.17, 15) is 9.59 Å². The number of hydrogen-bond acceptors (Lipinski definition) is 3. The molecule has 0 aliphatic heterocycles. The van der Waals surface area contributed by atoms with Crippen LogP contribution in [0.25, 0.3) is 0 Å². The number of urea groups is 1. The zero-order valence-electron chi connectivity index (χ0n) is 9.03. The first-order valence-corrected chi connectivity index (χ1v) is 5.23. The third-order valence-corrected chi connectivity index (χ3v) is 2.09. The highest BCUT2D eigenvalue weighted by Crippen LogP contribution is 2.12. The maximum absolute atomic E-state index is 11.4. The Morgan fingerprint density at radius 2 is 2.06 bits per heavy atom. The maximum Gasteiger partial charge on any atom is 0.325 e. The van der Waals surface area contributed by atoms with Gasteiger partial charge in [0.05, 0.1) is 11.3 Å². The van der Waals surface area contributed by atoms with Crippen molar-refractivity contribution in [2.45, 2.75) is 12.3 Å². The van der Waals surface area contributed by atoms with Gasteiger partial charge in [-0.3, -0.25) is 10.1 Å². The van der Waals surface area contributed by atoms with Gasteiger partial charge in [-0.25, -0.2) is 4.79 Å². The molecule has 2 N–H and O–H groups in total. The number of nitriles is 1. The van der Waals surface area contributed by atoms with E-state index in [0.29, 0.717) is 11.3 Å². The Labute approximate surface area is 103 Å². The number of nitrogens with zero attached hydrogens (tertiary/aromatic N) is 1. The van der Waals surface area contributed by atoms with Gasteiger partial charge in [0.25, 0.3) is 0 Å². The molecule has 0 aliphatic rings. The number of alkyl halides is 1. The van der Waals surface area contributed by atoms with E-state index in [1.807, 2.05) is 11.4 Å². The molecule has 1 atom stereocenters. The van der Waals surface area contributed by atoms with Gasteiger partial charge in [-0.1, -0.05) is 12.1 Å². The van der Waals surface area contributed by atoms with Crippen molar-refractivity contribution < 1.29 is 9.59 Å². The van der Waals surface area contributed by atoms with Gasteiger partial charge in [0, 0.05) is 0 Å². The molecule has 0 heterocycles. The van der Waals surface area contributed by atoms with Crippen LogP contribution in [0.3, 0.4) is 0 Å². The highest BCUT2D eigenvalue weighted by atomic mass is 35.5. The zero-order valence-corrected chi connectivity index (χ0v) is 9.78. The van der Waals surface area contributed by atoms with Gasteiger partial charge in [-0.05, 0) is 19.1 Å². The van der Waals surface area contributed by atoms with Crippen molar-refractivity contribution in [3.05, 3.63) is 29.8 Å². The number of anilines is 1. The molecule has 1 rings (SSSR count). The smallest absolute Gasteiger partial charge is 0.306 e. The van der Waals surface area contributed by atoms with Gasteiger partial charge in [0.1, 0.15) is 11.4 Å². The van der Waals surface area contributed by atoms with E-state index in [2.05, 4.69) is 5.32 Å². The summed E-state index contributed by atoms with van der Waals surface area (Å²) >= 11 is 5.49. The number of hydrogen-bond donors (Lipinski definition) is 2. The number of carbonyl (C=O) groups excluding carboxylic acids is 2. The van der Waals surface area contributed by atoms with Crippen LogP contribution in [0.5, 0.6) is 0 Å². The summed E-state index contributed by atoms with van der Waals surface area (Å²) in [5.74, 6) is -0.599. The van der Waals surface area contributed by atoms with Crippen molar-refractivity contribution in [1.82, 2.24) is 5.32 Å². The van der Waals surface area contributed by atoms with Crippen molar-refractivity contribution in [3.8, 4) is 6.07 Å². The SMILES string of the molecule is CC(Cl)C(=O)NC(=O)Nc1ccccc1C#N. The molecular formula is C11H10ClN3O2. The Morgan fingerprint density at radius 1 is 1.41 bits per heavy atom. The molecule has 0 spiro atoms. The monoisotopic (exact) mass is 251 g/mol. The summed E-state index contributed by atoms with van der Waals surface area (Å²) in [6, 6.07) is 7.67. The molecular weight excluding hydrogens is 242 g/mol. The largest absolute Gasteiger partial charge is 0.325 e. The van der Waals surface area contributed by atoms with Crippen molar-refractivity contribution in [3.63, 3.8) is 0 Å². The molecule has 3 amide bonds. The Kier molecular flexibility index (Phi) is 4.49. The first kappa shape index (κ1) is 13.0. The molecule has 0 aromatic heterocycles. The van der Waals surface area contributed by atoms with E-state index in [1.165, 1.54) is 6.92 Å². The highest BCUT2D eigenvalue weighted by Gasteiger charge is 2.13. The van der Waals surface area contributed by atoms with Gasteiger partial charge in [0.2, 0.25) is 5.91 Å². The number of nitrogens with one attached hydrogen (secondary N) is 2. The Bertz CT molecular complexity index is 480. The topological polar surface area (TPSA) is 82.0 Å². The number of benzene rings is 1. The Morgan fingerprint density at radius 3 is 2.65 bits per heavy atom. The minimum Gasteiger partial charge on any atom is -0.306 e. The fourth-order valence-electron chi connectivity index (χ4n) is 1.05. The summed E-state index contributed by atoms with van der Waals surface area (Å²) in [5, 5.41) is 12.4. The van der Waals surface area contributed by atoms with E-state index in [1.54, 1.807) is 24.3 Å². The third kappa shape index (κ3) is 3.78. The van der Waals surface area contributed by atoms with Crippen LogP contribution in [0.1, 0.15) is 12.5 Å². The van der Waals surface area contributed by atoms with E-state index in [0.717, 1.165) is 0 Å². The molecule has 17 heavy (non-hydrogen) atoms. The lowest BCUT2D eigenvalue weighted by Gasteiger charge is -2.08. The van der Waals surface area contributed by atoms with Gasteiger partial charge in [-0.15, -0.1) is 11.6 Å². The molecule has 1 unspecified atom stereocenters. The number of carbonyl (C=O) groups is 2. The second-order valence-corrected chi connectivity index (χ2v) is 3.87. The van der Waals surface area contributed by atoms with Crippen LogP contribution in [-0.4, -0.2) is 17.3 Å². The van der Waals surface area contributed by atoms with Crippen LogP contribution in [0, 0.1) is 11.3 Å². The second kappa shape index (κ2) is 5.87. The molecule has 0 saturated heterocycles. The van der Waals surface area contributed by atoms with E-state index in [4.69, 9.17) is 16.9 Å². The van der Waals surface area contributed by atoms with Crippen molar-refractivity contribution in [2.24, 2.45) is 0 Å². The molecule has 0 bridgehead atoms. The fourth-order valence-corrected chi connectivity index (χ4v) is 1.11. The van der Waals surface area contributed by atoms with Crippen LogP contribution in [0.4, 0.5) is 10.5 Å². The number of para-hydroxylation sites is 1. The molecule has 1 aromatic rings. The van der Waals surface area contributed by atoms with Crippen molar-refractivity contribution in [2.75, 3.05) is 5.32 Å². The lowest BCUT2D eigenvalue weighted by Crippen LogP contribution is -2.38. The fraction of sp³-hybridized carbons (Fsp3) is 0.182. The molecule has 0 fully saturated rings. The molecule has 1 aromatic carbocycles. The summed E-state index contributed by atoms with van der Waals surface area (Å²) in [5.41, 5.74) is 0.650. The lowest BCUT2D eigenvalue weighted by atomic mass is 10.2. The summed E-state index contributed by atoms with van der Waals surface area (Å²) in [6.07, 6.45) is 0. The maximum atomic E-state index is 11.4.